The molecule has 9 heteroatoms. The van der Waals surface area contributed by atoms with E-state index in [0.29, 0.717) is 38.4 Å². The summed E-state index contributed by atoms with van der Waals surface area (Å²) in [6.45, 7) is 2.39. The van der Waals surface area contributed by atoms with Gasteiger partial charge in [-0.2, -0.15) is 0 Å². The number of carbonyl (C=O) groups is 2. The van der Waals surface area contributed by atoms with Crippen LogP contribution < -0.4 is 15.3 Å². The monoisotopic (exact) mass is 475 g/mol. The zero-order valence-electron chi connectivity index (χ0n) is 19.8. The predicted molar refractivity (Wildman–Crippen MR) is 134 cm³/mol. The highest BCUT2D eigenvalue weighted by atomic mass is 16.5. The molecule has 0 atom stereocenters. The molecule has 0 saturated carbocycles. The summed E-state index contributed by atoms with van der Waals surface area (Å²) in [4.78, 5) is 35.2. The van der Waals surface area contributed by atoms with Gasteiger partial charge in [0.15, 0.2) is 0 Å². The van der Waals surface area contributed by atoms with Crippen molar-refractivity contribution in [3.63, 3.8) is 0 Å². The first-order valence-corrected chi connectivity index (χ1v) is 11.4. The number of hydrogen-bond donors (Lipinski definition) is 2. The number of nitrogens with zero attached hydrogens (tertiary/aromatic N) is 4. The topological polar surface area (TPSA) is 98.2 Å². The number of hydroxylamine groups is 1. The van der Waals surface area contributed by atoms with Gasteiger partial charge >= 0.3 is 6.03 Å². The van der Waals surface area contributed by atoms with Crippen molar-refractivity contribution >= 4 is 23.4 Å². The summed E-state index contributed by atoms with van der Waals surface area (Å²) in [7, 11) is 3.89. The normalized spacial score (nSPS) is 13.3. The number of urea groups is 1. The number of anilines is 2. The molecular formula is C26H29N5O4. The summed E-state index contributed by atoms with van der Waals surface area (Å²) in [6.07, 6.45) is 1.83. The molecule has 0 unspecified atom stereocenters. The number of morpholine rings is 1. The first-order valence-electron chi connectivity index (χ1n) is 11.4. The SMILES string of the molecule is CN(C)c1ccc(-c2cccc(N(Cc3ccc(C(=O)NO)cc3)C(=O)N3CCOCC3)c2)cn1. The van der Waals surface area contributed by atoms with E-state index in [2.05, 4.69) is 4.98 Å². The van der Waals surface area contributed by atoms with Gasteiger partial charge < -0.3 is 14.5 Å². The molecule has 182 valence electrons. The van der Waals surface area contributed by atoms with E-state index in [-0.39, 0.29) is 6.03 Å². The minimum Gasteiger partial charge on any atom is -0.378 e. The van der Waals surface area contributed by atoms with Crippen LogP contribution in [0.1, 0.15) is 15.9 Å². The van der Waals surface area contributed by atoms with Gasteiger partial charge in [-0.25, -0.2) is 15.3 Å². The largest absolute Gasteiger partial charge is 0.378 e. The molecule has 1 aliphatic rings. The van der Waals surface area contributed by atoms with Crippen molar-refractivity contribution in [2.45, 2.75) is 6.54 Å². The number of nitrogens with one attached hydrogen (secondary N) is 1. The van der Waals surface area contributed by atoms with E-state index in [1.165, 1.54) is 0 Å². The summed E-state index contributed by atoms with van der Waals surface area (Å²) < 4.78 is 5.42. The summed E-state index contributed by atoms with van der Waals surface area (Å²) in [5, 5.41) is 8.86. The van der Waals surface area contributed by atoms with Crippen LogP contribution in [-0.2, 0) is 11.3 Å². The van der Waals surface area contributed by atoms with E-state index < -0.39 is 5.91 Å². The van der Waals surface area contributed by atoms with Crippen LogP contribution in [0.25, 0.3) is 11.1 Å². The number of pyridine rings is 1. The highest BCUT2D eigenvalue weighted by molar-refractivity contribution is 5.94. The van der Waals surface area contributed by atoms with Crippen LogP contribution >= 0.6 is 0 Å². The first kappa shape index (κ1) is 24.2. The fourth-order valence-corrected chi connectivity index (χ4v) is 3.88. The molecule has 9 nitrogen and oxygen atoms in total. The van der Waals surface area contributed by atoms with Crippen LogP contribution in [0.2, 0.25) is 0 Å². The maximum absolute atomic E-state index is 13.6. The van der Waals surface area contributed by atoms with Gasteiger partial charge in [-0.15, -0.1) is 0 Å². The molecule has 4 rings (SSSR count). The number of hydrogen-bond acceptors (Lipinski definition) is 6. The zero-order valence-corrected chi connectivity index (χ0v) is 19.8. The number of aromatic nitrogens is 1. The van der Waals surface area contributed by atoms with Crippen molar-refractivity contribution in [3.05, 3.63) is 78.0 Å². The van der Waals surface area contributed by atoms with Gasteiger partial charge in [-0.1, -0.05) is 24.3 Å². The molecule has 2 heterocycles. The van der Waals surface area contributed by atoms with Gasteiger partial charge in [0.05, 0.1) is 19.8 Å². The Labute approximate surface area is 204 Å². The van der Waals surface area contributed by atoms with Crippen LogP contribution in [-0.4, -0.2) is 67.4 Å². The maximum atomic E-state index is 13.6. The Morgan fingerprint density at radius 3 is 2.40 bits per heavy atom. The minimum atomic E-state index is -0.584. The summed E-state index contributed by atoms with van der Waals surface area (Å²) >= 11 is 0. The van der Waals surface area contributed by atoms with Gasteiger partial charge in [0.25, 0.3) is 5.91 Å². The number of carbonyl (C=O) groups excluding carboxylic acids is 2. The molecular weight excluding hydrogens is 446 g/mol. The number of rotatable bonds is 6. The van der Waals surface area contributed by atoms with Crippen molar-refractivity contribution in [1.82, 2.24) is 15.4 Å². The lowest BCUT2D eigenvalue weighted by atomic mass is 10.1. The summed E-state index contributed by atoms with van der Waals surface area (Å²) in [6, 6.07) is 18.5. The Hall–Kier alpha value is -3.95. The lowest BCUT2D eigenvalue weighted by Gasteiger charge is -2.33. The molecule has 0 bridgehead atoms. The van der Waals surface area contributed by atoms with Gasteiger partial charge in [0.1, 0.15) is 5.82 Å². The Morgan fingerprint density at radius 1 is 1.03 bits per heavy atom. The molecule has 35 heavy (non-hydrogen) atoms. The molecule has 1 fully saturated rings. The third-order valence-electron chi connectivity index (χ3n) is 5.87. The first-order chi connectivity index (χ1) is 17.0. The third-order valence-corrected chi connectivity index (χ3v) is 5.87. The lowest BCUT2D eigenvalue weighted by molar-refractivity contribution is 0.0548. The van der Waals surface area contributed by atoms with Gasteiger partial charge in [0, 0.05) is 50.2 Å². The fourth-order valence-electron chi connectivity index (χ4n) is 3.88. The minimum absolute atomic E-state index is 0.108. The Bertz CT molecular complexity index is 1160. The van der Waals surface area contributed by atoms with Crippen molar-refractivity contribution in [1.29, 1.82) is 0 Å². The Morgan fingerprint density at radius 2 is 1.77 bits per heavy atom. The lowest BCUT2D eigenvalue weighted by Crippen LogP contribution is -2.48. The van der Waals surface area contributed by atoms with Gasteiger partial charge in [0.2, 0.25) is 0 Å². The van der Waals surface area contributed by atoms with Crippen molar-refractivity contribution in [2.75, 3.05) is 50.2 Å². The fraction of sp³-hybridized carbons (Fsp3) is 0.269. The molecule has 0 aliphatic carbocycles. The van der Waals surface area contributed by atoms with E-state index in [0.717, 1.165) is 28.2 Å². The average Bonchev–Trinajstić information content (AvgIpc) is 2.92. The number of ether oxygens (including phenoxy) is 1. The smallest absolute Gasteiger partial charge is 0.324 e. The van der Waals surface area contributed by atoms with Crippen LogP contribution in [0.5, 0.6) is 0 Å². The summed E-state index contributed by atoms with van der Waals surface area (Å²) in [5.74, 6) is 0.284. The quantitative estimate of drug-likeness (QED) is 0.419. The second-order valence-electron chi connectivity index (χ2n) is 8.46. The average molecular weight is 476 g/mol. The third kappa shape index (κ3) is 5.76. The number of benzene rings is 2. The van der Waals surface area contributed by atoms with Crippen LogP contribution in [0.4, 0.5) is 16.3 Å². The van der Waals surface area contributed by atoms with E-state index in [1.54, 1.807) is 39.5 Å². The van der Waals surface area contributed by atoms with E-state index in [1.807, 2.05) is 61.6 Å². The number of amides is 3. The standard InChI is InChI=1S/C26H29N5O4/c1-29(2)24-11-10-22(17-27-24)21-4-3-5-23(16-21)31(26(33)30-12-14-35-15-13-30)18-19-6-8-20(9-7-19)25(32)28-34/h3-11,16-17,34H,12-15,18H2,1-2H3,(H,28,32). The van der Waals surface area contributed by atoms with Crippen LogP contribution in [0, 0.1) is 0 Å². The molecule has 0 spiro atoms. The molecule has 1 saturated heterocycles. The second kappa shape index (κ2) is 11.0. The van der Waals surface area contributed by atoms with Crippen molar-refractivity contribution < 1.29 is 19.5 Å². The molecule has 2 aromatic carbocycles. The van der Waals surface area contributed by atoms with Crippen molar-refractivity contribution in [3.8, 4) is 11.1 Å². The zero-order chi connectivity index (χ0) is 24.8. The molecule has 1 aromatic heterocycles. The van der Waals surface area contributed by atoms with E-state index >= 15 is 0 Å². The molecule has 3 aromatic rings. The van der Waals surface area contributed by atoms with Crippen molar-refractivity contribution in [2.24, 2.45) is 0 Å². The highest BCUT2D eigenvalue weighted by Gasteiger charge is 2.25. The van der Waals surface area contributed by atoms with Crippen LogP contribution in [0.3, 0.4) is 0 Å². The Kier molecular flexibility index (Phi) is 7.59. The second-order valence-corrected chi connectivity index (χ2v) is 8.46. The van der Waals surface area contributed by atoms with E-state index in [4.69, 9.17) is 9.94 Å². The maximum Gasteiger partial charge on any atom is 0.324 e. The van der Waals surface area contributed by atoms with Crippen LogP contribution in [0.15, 0.2) is 66.9 Å². The summed E-state index contributed by atoms with van der Waals surface area (Å²) in [5.41, 5.74) is 5.48. The Balaban J connectivity index is 1.64. The van der Waals surface area contributed by atoms with E-state index in [9.17, 15) is 9.59 Å². The predicted octanol–water partition coefficient (Wildman–Crippen LogP) is 3.39. The molecule has 1 aliphatic heterocycles. The molecule has 0 radical (unpaired) electrons. The highest BCUT2D eigenvalue weighted by Crippen LogP contribution is 2.27. The molecule has 3 amide bonds. The van der Waals surface area contributed by atoms with Gasteiger partial charge in [-0.05, 0) is 47.5 Å². The molecule has 2 N–H and O–H groups in total. The van der Waals surface area contributed by atoms with Gasteiger partial charge in [-0.3, -0.25) is 14.9 Å².